The molecule has 0 bridgehead atoms. The molecule has 28 heavy (non-hydrogen) atoms. The number of nitrogens with zero attached hydrogens (tertiary/aromatic N) is 1. The average molecular weight is 394 g/mol. The van der Waals surface area contributed by atoms with Gasteiger partial charge in [-0.25, -0.2) is 4.98 Å². The quantitative estimate of drug-likeness (QED) is 0.573. The molecule has 0 radical (unpaired) electrons. The molecule has 3 rings (SSSR count). The second-order valence-corrected chi connectivity index (χ2v) is 7.10. The van der Waals surface area contributed by atoms with E-state index in [1.54, 1.807) is 13.2 Å². The van der Waals surface area contributed by atoms with Crippen LogP contribution in [0.4, 0.5) is 5.13 Å². The molecule has 6 heteroatoms. The van der Waals surface area contributed by atoms with Crippen molar-refractivity contribution < 1.29 is 14.3 Å². The number of carbonyl (C=O) groups is 1. The number of rotatable bonds is 7. The molecule has 0 fully saturated rings. The fourth-order valence-electron chi connectivity index (χ4n) is 2.56. The summed E-state index contributed by atoms with van der Waals surface area (Å²) < 4.78 is 11.4. The molecule has 0 atom stereocenters. The highest BCUT2D eigenvalue weighted by molar-refractivity contribution is 7.13. The summed E-state index contributed by atoms with van der Waals surface area (Å²) in [5.41, 5.74) is 4.03. The summed E-state index contributed by atoms with van der Waals surface area (Å²) in [6.45, 7) is 4.41. The number of aromatic nitrogens is 1. The first-order valence-electron chi connectivity index (χ1n) is 8.81. The van der Waals surface area contributed by atoms with Gasteiger partial charge >= 0.3 is 0 Å². The highest BCUT2D eigenvalue weighted by atomic mass is 32.1. The van der Waals surface area contributed by atoms with Crippen molar-refractivity contribution in [2.45, 2.75) is 20.5 Å². The minimum atomic E-state index is -0.229. The van der Waals surface area contributed by atoms with Crippen LogP contribution in [0.25, 0.3) is 6.08 Å². The molecule has 144 valence electrons. The highest BCUT2D eigenvalue weighted by Gasteiger charge is 2.07. The maximum atomic E-state index is 12.0. The Morgan fingerprint density at radius 1 is 1.18 bits per heavy atom. The summed E-state index contributed by atoms with van der Waals surface area (Å²) in [6, 6.07) is 13.7. The van der Waals surface area contributed by atoms with Gasteiger partial charge in [0, 0.05) is 11.5 Å². The Labute approximate surface area is 168 Å². The lowest BCUT2D eigenvalue weighted by atomic mass is 10.1. The van der Waals surface area contributed by atoms with Gasteiger partial charge in [-0.15, -0.1) is 11.3 Å². The molecule has 0 spiro atoms. The van der Waals surface area contributed by atoms with Gasteiger partial charge in [-0.2, -0.15) is 0 Å². The number of nitrogens with one attached hydrogen (secondary N) is 1. The maximum Gasteiger partial charge on any atom is 0.250 e. The fourth-order valence-corrected chi connectivity index (χ4v) is 3.26. The monoisotopic (exact) mass is 394 g/mol. The third-order valence-corrected chi connectivity index (χ3v) is 4.98. The number of aryl methyl sites for hydroxylation is 2. The van der Waals surface area contributed by atoms with E-state index < -0.39 is 0 Å². The minimum Gasteiger partial charge on any atom is -0.493 e. The third-order valence-electron chi connectivity index (χ3n) is 4.11. The SMILES string of the molecule is COc1cc(/C=C/C(=O)Nc2nc(C)cs2)ccc1OCc1ccccc1C. The molecule has 1 heterocycles. The van der Waals surface area contributed by atoms with E-state index in [-0.39, 0.29) is 5.91 Å². The zero-order valence-electron chi connectivity index (χ0n) is 16.1. The Bertz CT molecular complexity index is 995. The van der Waals surface area contributed by atoms with Gasteiger partial charge in [0.25, 0.3) is 0 Å². The Morgan fingerprint density at radius 2 is 2.00 bits per heavy atom. The first-order chi connectivity index (χ1) is 13.5. The normalized spacial score (nSPS) is 10.8. The summed E-state index contributed by atoms with van der Waals surface area (Å²) in [5.74, 6) is 1.05. The number of carbonyl (C=O) groups excluding carboxylic acids is 1. The molecule has 5 nitrogen and oxygen atoms in total. The van der Waals surface area contributed by atoms with E-state index in [2.05, 4.69) is 23.3 Å². The fraction of sp³-hybridized carbons (Fsp3) is 0.182. The van der Waals surface area contributed by atoms with Crippen LogP contribution in [0.3, 0.4) is 0 Å². The highest BCUT2D eigenvalue weighted by Crippen LogP contribution is 2.29. The standard InChI is InChI=1S/C22H22N2O3S/c1-15-6-4-5-7-18(15)13-27-19-10-8-17(12-20(19)26-3)9-11-21(25)24-22-23-16(2)14-28-22/h4-12,14H,13H2,1-3H3,(H,23,24,25)/b11-9+. The average Bonchev–Trinajstić information content (AvgIpc) is 3.10. The van der Waals surface area contributed by atoms with Crippen LogP contribution in [-0.4, -0.2) is 18.0 Å². The van der Waals surface area contributed by atoms with Crippen molar-refractivity contribution >= 4 is 28.5 Å². The number of hydrogen-bond acceptors (Lipinski definition) is 5. The molecule has 0 unspecified atom stereocenters. The molecule has 0 aliphatic heterocycles. The van der Waals surface area contributed by atoms with Crippen LogP contribution < -0.4 is 14.8 Å². The first-order valence-corrected chi connectivity index (χ1v) is 9.69. The van der Waals surface area contributed by atoms with Crippen molar-refractivity contribution in [3.63, 3.8) is 0 Å². The van der Waals surface area contributed by atoms with Crippen LogP contribution in [-0.2, 0) is 11.4 Å². The molecule has 1 N–H and O–H groups in total. The van der Waals surface area contributed by atoms with E-state index in [0.717, 1.165) is 16.8 Å². The molecule has 1 amide bonds. The molecular weight excluding hydrogens is 372 g/mol. The van der Waals surface area contributed by atoms with Crippen molar-refractivity contribution in [1.82, 2.24) is 4.98 Å². The van der Waals surface area contributed by atoms with E-state index in [4.69, 9.17) is 9.47 Å². The van der Waals surface area contributed by atoms with Crippen molar-refractivity contribution in [3.8, 4) is 11.5 Å². The Morgan fingerprint density at radius 3 is 2.71 bits per heavy atom. The van der Waals surface area contributed by atoms with Crippen molar-refractivity contribution in [2.24, 2.45) is 0 Å². The first kappa shape index (κ1) is 19.6. The van der Waals surface area contributed by atoms with Crippen LogP contribution in [0.5, 0.6) is 11.5 Å². The molecule has 0 aliphatic rings. The van der Waals surface area contributed by atoms with E-state index >= 15 is 0 Å². The lowest BCUT2D eigenvalue weighted by Gasteiger charge is -2.12. The topological polar surface area (TPSA) is 60.5 Å². The smallest absolute Gasteiger partial charge is 0.250 e. The van der Waals surface area contributed by atoms with Gasteiger partial charge in [0.15, 0.2) is 16.6 Å². The summed E-state index contributed by atoms with van der Waals surface area (Å²) in [6.07, 6.45) is 3.20. The number of amides is 1. The van der Waals surface area contributed by atoms with Gasteiger partial charge in [-0.1, -0.05) is 30.3 Å². The zero-order valence-corrected chi connectivity index (χ0v) is 16.9. The van der Waals surface area contributed by atoms with Crippen LogP contribution in [0.1, 0.15) is 22.4 Å². The van der Waals surface area contributed by atoms with Crippen LogP contribution in [0.2, 0.25) is 0 Å². The van der Waals surface area contributed by atoms with Gasteiger partial charge < -0.3 is 9.47 Å². The third kappa shape index (κ3) is 5.20. The lowest BCUT2D eigenvalue weighted by Crippen LogP contribution is -2.07. The molecule has 0 saturated heterocycles. The van der Waals surface area contributed by atoms with Crippen LogP contribution in [0.15, 0.2) is 53.9 Å². The predicted molar refractivity (Wildman–Crippen MR) is 113 cm³/mol. The number of ether oxygens (including phenoxy) is 2. The van der Waals surface area contributed by atoms with Gasteiger partial charge in [0.1, 0.15) is 6.61 Å². The second-order valence-electron chi connectivity index (χ2n) is 6.24. The molecule has 1 aromatic heterocycles. The summed E-state index contributed by atoms with van der Waals surface area (Å²) in [5, 5.41) is 5.22. The second kappa shape index (κ2) is 9.19. The molecule has 0 aliphatic carbocycles. The Kier molecular flexibility index (Phi) is 6.45. The van der Waals surface area contributed by atoms with Gasteiger partial charge in [0.05, 0.1) is 12.8 Å². The maximum absolute atomic E-state index is 12.0. The summed E-state index contributed by atoms with van der Waals surface area (Å²) in [4.78, 5) is 16.2. The van der Waals surface area contributed by atoms with E-state index in [1.807, 2.05) is 48.7 Å². The summed E-state index contributed by atoms with van der Waals surface area (Å²) in [7, 11) is 1.60. The lowest BCUT2D eigenvalue weighted by molar-refractivity contribution is -0.111. The molecule has 3 aromatic rings. The number of thiazole rings is 1. The van der Waals surface area contributed by atoms with E-state index in [1.165, 1.54) is 23.0 Å². The van der Waals surface area contributed by atoms with E-state index in [9.17, 15) is 4.79 Å². The number of hydrogen-bond donors (Lipinski definition) is 1. The van der Waals surface area contributed by atoms with E-state index in [0.29, 0.717) is 23.2 Å². The zero-order chi connectivity index (χ0) is 19.9. The van der Waals surface area contributed by atoms with Gasteiger partial charge in [-0.3, -0.25) is 10.1 Å². The molecule has 2 aromatic carbocycles. The van der Waals surface area contributed by atoms with Gasteiger partial charge in [-0.05, 0) is 48.7 Å². The Hall–Kier alpha value is -3.12. The van der Waals surface area contributed by atoms with Crippen LogP contribution >= 0.6 is 11.3 Å². The van der Waals surface area contributed by atoms with Crippen molar-refractivity contribution in [1.29, 1.82) is 0 Å². The van der Waals surface area contributed by atoms with Gasteiger partial charge in [0.2, 0.25) is 5.91 Å². The predicted octanol–water partition coefficient (Wildman–Crippen LogP) is 5.00. The molecular formula is C22H22N2O3S. The Balaban J connectivity index is 1.65. The summed E-state index contributed by atoms with van der Waals surface area (Å²) >= 11 is 1.40. The minimum absolute atomic E-state index is 0.229. The van der Waals surface area contributed by atoms with Crippen molar-refractivity contribution in [2.75, 3.05) is 12.4 Å². The number of anilines is 1. The van der Waals surface area contributed by atoms with Crippen LogP contribution in [0, 0.1) is 13.8 Å². The van der Waals surface area contributed by atoms with Crippen molar-refractivity contribution in [3.05, 3.63) is 76.3 Å². The number of benzene rings is 2. The number of methoxy groups -OCH3 is 1. The molecule has 0 saturated carbocycles. The largest absolute Gasteiger partial charge is 0.493 e.